The lowest BCUT2D eigenvalue weighted by atomic mass is 10.2. The Hall–Kier alpha value is -1.61. The first kappa shape index (κ1) is 11.5. The Morgan fingerprint density at radius 3 is 2.73 bits per heavy atom. The molecule has 0 saturated heterocycles. The largest absolute Gasteiger partial charge is 0.458 e. The van der Waals surface area contributed by atoms with Gasteiger partial charge in [-0.05, 0) is 18.6 Å². The van der Waals surface area contributed by atoms with Gasteiger partial charge in [-0.3, -0.25) is 0 Å². The fourth-order valence-corrected chi connectivity index (χ4v) is 0.995. The molecule has 80 valence electrons. The molecule has 15 heavy (non-hydrogen) atoms. The van der Waals surface area contributed by atoms with Crippen LogP contribution >= 0.6 is 0 Å². The van der Waals surface area contributed by atoms with E-state index in [-0.39, 0.29) is 6.61 Å². The third kappa shape index (κ3) is 4.98. The lowest BCUT2D eigenvalue weighted by molar-refractivity contribution is -0.139. The van der Waals surface area contributed by atoms with Gasteiger partial charge in [0.05, 0.1) is 6.10 Å². The van der Waals surface area contributed by atoms with E-state index in [1.165, 1.54) is 12.2 Å². The molecule has 0 bridgehead atoms. The molecule has 0 spiro atoms. The molecule has 0 heterocycles. The molecule has 1 aromatic rings. The summed E-state index contributed by atoms with van der Waals surface area (Å²) in [4.78, 5) is 11.1. The maximum absolute atomic E-state index is 11.1. The van der Waals surface area contributed by atoms with Gasteiger partial charge in [0.2, 0.25) is 0 Å². The van der Waals surface area contributed by atoms with E-state index in [0.29, 0.717) is 0 Å². The van der Waals surface area contributed by atoms with E-state index < -0.39 is 12.1 Å². The van der Waals surface area contributed by atoms with Gasteiger partial charge in [-0.1, -0.05) is 30.3 Å². The SMILES string of the molecule is CC(O)C=CC(=O)OCc1ccccc1. The van der Waals surface area contributed by atoms with Crippen molar-refractivity contribution in [2.75, 3.05) is 0 Å². The number of carbonyl (C=O) groups excluding carboxylic acids is 1. The topological polar surface area (TPSA) is 46.5 Å². The molecule has 0 saturated carbocycles. The van der Waals surface area contributed by atoms with Crippen LogP contribution in [0.4, 0.5) is 0 Å². The number of ether oxygens (including phenoxy) is 1. The second kappa shape index (κ2) is 5.98. The Morgan fingerprint density at radius 2 is 2.13 bits per heavy atom. The average Bonchev–Trinajstić information content (AvgIpc) is 2.25. The molecule has 1 atom stereocenters. The van der Waals surface area contributed by atoms with Crippen molar-refractivity contribution >= 4 is 5.97 Å². The zero-order chi connectivity index (χ0) is 11.1. The first-order valence-corrected chi connectivity index (χ1v) is 4.75. The fraction of sp³-hybridized carbons (Fsp3) is 0.250. The summed E-state index contributed by atoms with van der Waals surface area (Å²) >= 11 is 0. The Balaban J connectivity index is 2.35. The van der Waals surface area contributed by atoms with Gasteiger partial charge < -0.3 is 9.84 Å². The number of aliphatic hydroxyl groups is 1. The highest BCUT2D eigenvalue weighted by Gasteiger charge is 1.98. The van der Waals surface area contributed by atoms with Gasteiger partial charge in [0.25, 0.3) is 0 Å². The maximum Gasteiger partial charge on any atom is 0.330 e. The minimum absolute atomic E-state index is 0.254. The van der Waals surface area contributed by atoms with E-state index in [4.69, 9.17) is 9.84 Å². The van der Waals surface area contributed by atoms with Crippen LogP contribution in [0.25, 0.3) is 0 Å². The maximum atomic E-state index is 11.1. The molecule has 0 aliphatic rings. The van der Waals surface area contributed by atoms with Crippen LogP contribution in [0.5, 0.6) is 0 Å². The molecular weight excluding hydrogens is 192 g/mol. The van der Waals surface area contributed by atoms with Crippen LogP contribution in [0.1, 0.15) is 12.5 Å². The summed E-state index contributed by atoms with van der Waals surface area (Å²) in [5.74, 6) is -0.445. The van der Waals surface area contributed by atoms with Crippen LogP contribution in [0, 0.1) is 0 Å². The van der Waals surface area contributed by atoms with Crippen molar-refractivity contribution in [2.45, 2.75) is 19.6 Å². The van der Waals surface area contributed by atoms with E-state index in [0.717, 1.165) is 5.56 Å². The van der Waals surface area contributed by atoms with Gasteiger partial charge in [0.1, 0.15) is 6.61 Å². The molecule has 0 radical (unpaired) electrons. The smallest absolute Gasteiger partial charge is 0.330 e. The fourth-order valence-electron chi connectivity index (χ4n) is 0.995. The van der Waals surface area contributed by atoms with Crippen LogP contribution in [0.2, 0.25) is 0 Å². The second-order valence-electron chi connectivity index (χ2n) is 3.19. The second-order valence-corrected chi connectivity index (χ2v) is 3.19. The highest BCUT2D eigenvalue weighted by atomic mass is 16.5. The monoisotopic (exact) mass is 206 g/mol. The molecule has 0 aliphatic carbocycles. The average molecular weight is 206 g/mol. The Bertz CT molecular complexity index is 328. The van der Waals surface area contributed by atoms with E-state index >= 15 is 0 Å². The van der Waals surface area contributed by atoms with Gasteiger partial charge in [-0.25, -0.2) is 4.79 Å². The third-order valence-corrected chi connectivity index (χ3v) is 1.73. The normalized spacial score (nSPS) is 12.7. The van der Waals surface area contributed by atoms with Crippen molar-refractivity contribution < 1.29 is 14.6 Å². The van der Waals surface area contributed by atoms with Gasteiger partial charge in [-0.2, -0.15) is 0 Å². The molecule has 0 fully saturated rings. The standard InChI is InChI=1S/C12H14O3/c1-10(13)7-8-12(14)15-9-11-5-3-2-4-6-11/h2-8,10,13H,9H2,1H3. The third-order valence-electron chi connectivity index (χ3n) is 1.73. The Kier molecular flexibility index (Phi) is 4.57. The molecule has 3 nitrogen and oxygen atoms in total. The van der Waals surface area contributed by atoms with Crippen LogP contribution in [0.3, 0.4) is 0 Å². The van der Waals surface area contributed by atoms with Crippen molar-refractivity contribution in [2.24, 2.45) is 0 Å². The molecule has 0 aliphatic heterocycles. The molecule has 1 aromatic carbocycles. The van der Waals surface area contributed by atoms with Crippen LogP contribution < -0.4 is 0 Å². The molecule has 0 amide bonds. The van der Waals surface area contributed by atoms with E-state index in [2.05, 4.69) is 0 Å². The number of esters is 1. The summed E-state index contributed by atoms with van der Waals surface area (Å²) < 4.78 is 4.94. The number of hydrogen-bond donors (Lipinski definition) is 1. The summed E-state index contributed by atoms with van der Waals surface area (Å²) in [6.45, 7) is 1.82. The number of carbonyl (C=O) groups is 1. The molecule has 3 heteroatoms. The Morgan fingerprint density at radius 1 is 1.47 bits per heavy atom. The number of aliphatic hydroxyl groups excluding tert-OH is 1. The zero-order valence-corrected chi connectivity index (χ0v) is 8.59. The van der Waals surface area contributed by atoms with Crippen LogP contribution in [-0.4, -0.2) is 17.2 Å². The van der Waals surface area contributed by atoms with Crippen LogP contribution in [-0.2, 0) is 16.1 Å². The summed E-state index contributed by atoms with van der Waals surface area (Å²) in [5, 5.41) is 8.89. The zero-order valence-electron chi connectivity index (χ0n) is 8.59. The quantitative estimate of drug-likeness (QED) is 0.602. The molecular formula is C12H14O3. The predicted molar refractivity (Wildman–Crippen MR) is 57.1 cm³/mol. The van der Waals surface area contributed by atoms with Crippen LogP contribution in [0.15, 0.2) is 42.5 Å². The lowest BCUT2D eigenvalue weighted by Crippen LogP contribution is -2.02. The molecule has 0 aromatic heterocycles. The number of hydrogen-bond acceptors (Lipinski definition) is 3. The van der Waals surface area contributed by atoms with Gasteiger partial charge in [0, 0.05) is 6.08 Å². The lowest BCUT2D eigenvalue weighted by Gasteiger charge is -2.01. The summed E-state index contributed by atoms with van der Waals surface area (Å²) in [6.07, 6.45) is 1.98. The minimum atomic E-state index is -0.630. The summed E-state index contributed by atoms with van der Waals surface area (Å²) in [7, 11) is 0. The molecule has 1 N–H and O–H groups in total. The predicted octanol–water partition coefficient (Wildman–Crippen LogP) is 1.67. The van der Waals surface area contributed by atoms with Crippen molar-refractivity contribution in [1.29, 1.82) is 0 Å². The van der Waals surface area contributed by atoms with E-state index in [9.17, 15) is 4.79 Å². The first-order valence-electron chi connectivity index (χ1n) is 4.75. The highest BCUT2D eigenvalue weighted by molar-refractivity contribution is 5.81. The molecule has 1 unspecified atom stereocenters. The van der Waals surface area contributed by atoms with Crippen molar-refractivity contribution in [3.05, 3.63) is 48.0 Å². The van der Waals surface area contributed by atoms with E-state index in [1.807, 2.05) is 30.3 Å². The first-order chi connectivity index (χ1) is 7.18. The number of rotatable bonds is 4. The van der Waals surface area contributed by atoms with Crippen molar-refractivity contribution in [1.82, 2.24) is 0 Å². The van der Waals surface area contributed by atoms with Gasteiger partial charge in [0.15, 0.2) is 0 Å². The highest BCUT2D eigenvalue weighted by Crippen LogP contribution is 2.00. The Labute approximate surface area is 89.0 Å². The van der Waals surface area contributed by atoms with Gasteiger partial charge in [-0.15, -0.1) is 0 Å². The van der Waals surface area contributed by atoms with Crippen molar-refractivity contribution in [3.63, 3.8) is 0 Å². The summed E-state index contributed by atoms with van der Waals surface area (Å²) in [6, 6.07) is 9.43. The summed E-state index contributed by atoms with van der Waals surface area (Å²) in [5.41, 5.74) is 0.941. The van der Waals surface area contributed by atoms with Crippen molar-refractivity contribution in [3.8, 4) is 0 Å². The minimum Gasteiger partial charge on any atom is -0.458 e. The van der Waals surface area contributed by atoms with Gasteiger partial charge >= 0.3 is 5.97 Å². The number of benzene rings is 1. The molecule has 1 rings (SSSR count). The van der Waals surface area contributed by atoms with E-state index in [1.54, 1.807) is 6.92 Å².